The Kier molecular flexibility index (Phi) is 4.43. The van der Waals surface area contributed by atoms with E-state index in [4.69, 9.17) is 4.42 Å². The number of benzene rings is 2. The normalized spacial score (nSPS) is 12.3. The Bertz CT molecular complexity index is 1130. The number of aromatic nitrogens is 3. The van der Waals surface area contributed by atoms with Gasteiger partial charge in [-0.15, -0.1) is 0 Å². The minimum Gasteiger partial charge on any atom is -0.448 e. The fraction of sp³-hybridized carbons (Fsp3) is 0.190. The van der Waals surface area contributed by atoms with Gasteiger partial charge in [-0.1, -0.05) is 24.3 Å². The fourth-order valence-electron chi connectivity index (χ4n) is 3.22. The number of amides is 1. The van der Waals surface area contributed by atoms with Crippen molar-refractivity contribution < 1.29 is 13.6 Å². The first-order valence-electron chi connectivity index (χ1n) is 8.87. The summed E-state index contributed by atoms with van der Waals surface area (Å²) in [6, 6.07) is 12.2. The van der Waals surface area contributed by atoms with Gasteiger partial charge in [-0.25, -0.2) is 14.1 Å². The van der Waals surface area contributed by atoms with Gasteiger partial charge >= 0.3 is 0 Å². The molecule has 0 aliphatic rings. The highest BCUT2D eigenvalue weighted by Gasteiger charge is 2.25. The Balaban J connectivity index is 1.60. The van der Waals surface area contributed by atoms with Crippen molar-refractivity contribution >= 4 is 16.9 Å². The van der Waals surface area contributed by atoms with E-state index < -0.39 is 5.82 Å². The maximum atomic E-state index is 14.0. The molecule has 4 aromatic rings. The maximum Gasteiger partial charge on any atom is 0.290 e. The lowest BCUT2D eigenvalue weighted by Gasteiger charge is -2.25. The molecular formula is C21H19FN4O2. The maximum absolute atomic E-state index is 14.0. The van der Waals surface area contributed by atoms with Crippen molar-refractivity contribution in [1.29, 1.82) is 0 Å². The number of para-hydroxylation sites is 1. The Labute approximate surface area is 161 Å². The Morgan fingerprint density at radius 3 is 2.61 bits per heavy atom. The number of rotatable bonds is 4. The number of furan rings is 1. The molecule has 0 saturated heterocycles. The molecule has 0 N–H and O–H groups in total. The summed E-state index contributed by atoms with van der Waals surface area (Å²) in [5, 5.41) is 4.71. The van der Waals surface area contributed by atoms with E-state index in [1.165, 1.54) is 12.4 Å². The molecule has 0 bridgehead atoms. The lowest BCUT2D eigenvalue weighted by molar-refractivity contribution is 0.0711. The van der Waals surface area contributed by atoms with E-state index in [2.05, 4.69) is 10.1 Å². The summed E-state index contributed by atoms with van der Waals surface area (Å²) >= 11 is 0. The second-order valence-electron chi connectivity index (χ2n) is 6.70. The predicted molar refractivity (Wildman–Crippen MR) is 103 cm³/mol. The van der Waals surface area contributed by atoms with E-state index in [9.17, 15) is 9.18 Å². The zero-order chi connectivity index (χ0) is 19.8. The van der Waals surface area contributed by atoms with Gasteiger partial charge in [-0.05, 0) is 37.6 Å². The average Bonchev–Trinajstić information content (AvgIpc) is 3.36. The van der Waals surface area contributed by atoms with E-state index in [0.717, 1.165) is 11.3 Å². The second-order valence-corrected chi connectivity index (χ2v) is 6.70. The third-order valence-corrected chi connectivity index (χ3v) is 5.07. The van der Waals surface area contributed by atoms with Gasteiger partial charge in [-0.3, -0.25) is 4.79 Å². The first kappa shape index (κ1) is 17.9. The number of hydrogen-bond donors (Lipinski definition) is 0. The molecule has 0 aliphatic carbocycles. The van der Waals surface area contributed by atoms with Crippen LogP contribution in [0.15, 0.2) is 59.5 Å². The molecule has 0 aliphatic heterocycles. The summed E-state index contributed by atoms with van der Waals surface area (Å²) in [5.74, 6) is -0.603. The summed E-state index contributed by atoms with van der Waals surface area (Å²) < 4.78 is 21.2. The number of nitrogens with zero attached hydrogens (tertiary/aromatic N) is 4. The average molecular weight is 378 g/mol. The molecule has 0 saturated carbocycles. The van der Waals surface area contributed by atoms with Crippen molar-refractivity contribution in [1.82, 2.24) is 19.7 Å². The SMILES string of the molecule is Cc1c(C(=O)N(C)[C@H](C)c2ccc(-n3cncn3)cc2)oc2c(F)cccc12. The van der Waals surface area contributed by atoms with Gasteiger partial charge in [-0.2, -0.15) is 5.10 Å². The standard InChI is InChI=1S/C21H19FN4O2/c1-13-17-5-4-6-18(22)20(17)28-19(13)21(27)25(3)14(2)15-7-9-16(10-8-15)26-12-23-11-24-26/h4-12,14H,1-3H3/t14-/m1/s1. The molecule has 0 spiro atoms. The van der Waals surface area contributed by atoms with E-state index in [1.807, 2.05) is 31.2 Å². The largest absolute Gasteiger partial charge is 0.448 e. The van der Waals surface area contributed by atoms with Gasteiger partial charge in [0.15, 0.2) is 17.2 Å². The fourth-order valence-corrected chi connectivity index (χ4v) is 3.22. The molecule has 28 heavy (non-hydrogen) atoms. The molecule has 0 fully saturated rings. The monoisotopic (exact) mass is 378 g/mol. The highest BCUT2D eigenvalue weighted by molar-refractivity contribution is 5.99. The summed E-state index contributed by atoms with van der Waals surface area (Å²) in [6.45, 7) is 3.70. The van der Waals surface area contributed by atoms with Crippen LogP contribution in [-0.4, -0.2) is 32.6 Å². The predicted octanol–water partition coefficient (Wildman–Crippen LogP) is 4.29. The van der Waals surface area contributed by atoms with E-state index in [-0.39, 0.29) is 23.3 Å². The first-order chi connectivity index (χ1) is 13.5. The van der Waals surface area contributed by atoms with E-state index in [1.54, 1.807) is 42.0 Å². The lowest BCUT2D eigenvalue weighted by atomic mass is 10.1. The van der Waals surface area contributed by atoms with Gasteiger partial charge < -0.3 is 9.32 Å². The molecule has 1 amide bonds. The smallest absolute Gasteiger partial charge is 0.290 e. The summed E-state index contributed by atoms with van der Waals surface area (Å²) in [7, 11) is 1.71. The van der Waals surface area contributed by atoms with Crippen molar-refractivity contribution in [3.8, 4) is 5.69 Å². The number of hydrogen-bond acceptors (Lipinski definition) is 4. The molecule has 1 atom stereocenters. The van der Waals surface area contributed by atoms with Crippen LogP contribution in [0.4, 0.5) is 4.39 Å². The highest BCUT2D eigenvalue weighted by Crippen LogP contribution is 2.30. The molecule has 6 nitrogen and oxygen atoms in total. The summed E-state index contributed by atoms with van der Waals surface area (Å²) in [6.07, 6.45) is 3.10. The van der Waals surface area contributed by atoms with Crippen molar-refractivity contribution in [3.63, 3.8) is 0 Å². The van der Waals surface area contributed by atoms with Crippen LogP contribution < -0.4 is 0 Å². The zero-order valence-corrected chi connectivity index (χ0v) is 15.8. The van der Waals surface area contributed by atoms with Gasteiger partial charge in [0.25, 0.3) is 5.91 Å². The number of aryl methyl sites for hydroxylation is 1. The van der Waals surface area contributed by atoms with Crippen molar-refractivity contribution in [2.24, 2.45) is 0 Å². The van der Waals surface area contributed by atoms with Crippen LogP contribution in [0.25, 0.3) is 16.7 Å². The molecule has 4 rings (SSSR count). The Morgan fingerprint density at radius 1 is 1.21 bits per heavy atom. The van der Waals surface area contributed by atoms with E-state index in [0.29, 0.717) is 10.9 Å². The molecule has 7 heteroatoms. The van der Waals surface area contributed by atoms with Crippen molar-refractivity contribution in [3.05, 3.63) is 77.8 Å². The molecule has 2 aromatic heterocycles. The molecule has 2 aromatic carbocycles. The van der Waals surface area contributed by atoms with E-state index >= 15 is 0 Å². The van der Waals surface area contributed by atoms with Gasteiger partial charge in [0.05, 0.1) is 11.7 Å². The van der Waals surface area contributed by atoms with Gasteiger partial charge in [0.2, 0.25) is 0 Å². The van der Waals surface area contributed by atoms with Crippen LogP contribution in [0.5, 0.6) is 0 Å². The molecule has 2 heterocycles. The summed E-state index contributed by atoms with van der Waals surface area (Å²) in [4.78, 5) is 18.5. The third-order valence-electron chi connectivity index (χ3n) is 5.07. The molecular weight excluding hydrogens is 359 g/mol. The second kappa shape index (κ2) is 6.92. The zero-order valence-electron chi connectivity index (χ0n) is 15.8. The van der Waals surface area contributed by atoms with Crippen molar-refractivity contribution in [2.45, 2.75) is 19.9 Å². The van der Waals surface area contributed by atoms with Gasteiger partial charge in [0, 0.05) is 18.0 Å². The van der Waals surface area contributed by atoms with Gasteiger partial charge in [0.1, 0.15) is 12.7 Å². The Morgan fingerprint density at radius 2 is 1.96 bits per heavy atom. The topological polar surface area (TPSA) is 64.2 Å². The van der Waals surface area contributed by atoms with Crippen LogP contribution in [0.2, 0.25) is 0 Å². The van der Waals surface area contributed by atoms with Crippen LogP contribution >= 0.6 is 0 Å². The summed E-state index contributed by atoms with van der Waals surface area (Å²) in [5.41, 5.74) is 2.59. The third kappa shape index (κ3) is 2.94. The lowest BCUT2D eigenvalue weighted by Crippen LogP contribution is -2.29. The molecule has 0 radical (unpaired) electrons. The molecule has 142 valence electrons. The highest BCUT2D eigenvalue weighted by atomic mass is 19.1. The molecule has 0 unspecified atom stereocenters. The number of carbonyl (C=O) groups excluding carboxylic acids is 1. The Hall–Kier alpha value is -3.48. The first-order valence-corrected chi connectivity index (χ1v) is 8.87. The van der Waals surface area contributed by atoms with Crippen molar-refractivity contribution in [2.75, 3.05) is 7.05 Å². The minimum atomic E-state index is -0.473. The number of carbonyl (C=O) groups is 1. The van der Waals surface area contributed by atoms with Crippen LogP contribution in [0.3, 0.4) is 0 Å². The number of halogens is 1. The van der Waals surface area contributed by atoms with Crippen LogP contribution in [0.1, 0.15) is 34.6 Å². The quantitative estimate of drug-likeness (QED) is 0.531. The number of fused-ring (bicyclic) bond motifs is 1. The van der Waals surface area contributed by atoms with Crippen LogP contribution in [-0.2, 0) is 0 Å². The van der Waals surface area contributed by atoms with Crippen LogP contribution in [0, 0.1) is 12.7 Å². The minimum absolute atomic E-state index is 0.113.